The van der Waals surface area contributed by atoms with Gasteiger partial charge in [0.15, 0.2) is 5.69 Å². The minimum atomic E-state index is -0.0752. The number of nitrogens with one attached hydrogen (secondary N) is 1. The summed E-state index contributed by atoms with van der Waals surface area (Å²) in [6.07, 6.45) is 1.63. The Balaban J connectivity index is 1.39. The van der Waals surface area contributed by atoms with Gasteiger partial charge in [0.1, 0.15) is 0 Å². The van der Waals surface area contributed by atoms with Gasteiger partial charge in [-0.2, -0.15) is 0 Å². The summed E-state index contributed by atoms with van der Waals surface area (Å²) in [6.45, 7) is 4.30. The number of carbonyl (C=O) groups is 2. The zero-order valence-electron chi connectivity index (χ0n) is 13.5. The fourth-order valence-electron chi connectivity index (χ4n) is 2.60. The van der Waals surface area contributed by atoms with E-state index in [-0.39, 0.29) is 11.8 Å². The van der Waals surface area contributed by atoms with Gasteiger partial charge in [-0.15, -0.1) is 16.4 Å². The van der Waals surface area contributed by atoms with Gasteiger partial charge < -0.3 is 10.2 Å². The van der Waals surface area contributed by atoms with Crippen LogP contribution in [0.5, 0.6) is 0 Å². The van der Waals surface area contributed by atoms with E-state index in [1.165, 1.54) is 16.0 Å². The quantitative estimate of drug-likeness (QED) is 0.826. The van der Waals surface area contributed by atoms with E-state index in [0.717, 1.165) is 24.5 Å². The first-order valence-corrected chi connectivity index (χ1v) is 8.71. The number of thiophene rings is 1. The van der Waals surface area contributed by atoms with Crippen LogP contribution in [0.2, 0.25) is 0 Å². The van der Waals surface area contributed by atoms with E-state index in [1.807, 2.05) is 17.5 Å². The van der Waals surface area contributed by atoms with Gasteiger partial charge in [0.05, 0.1) is 11.1 Å². The van der Waals surface area contributed by atoms with Crippen molar-refractivity contribution in [1.29, 1.82) is 0 Å². The molecule has 0 saturated carbocycles. The molecule has 0 aromatic carbocycles. The van der Waals surface area contributed by atoms with E-state index >= 15 is 0 Å². The predicted molar refractivity (Wildman–Crippen MR) is 90.0 cm³/mol. The highest BCUT2D eigenvalue weighted by atomic mass is 32.1. The van der Waals surface area contributed by atoms with Crippen molar-refractivity contribution in [2.45, 2.75) is 0 Å². The minimum absolute atomic E-state index is 0.0264. The van der Waals surface area contributed by atoms with Crippen LogP contribution >= 0.6 is 11.3 Å². The van der Waals surface area contributed by atoms with Crippen LogP contribution in [0.4, 0.5) is 0 Å². The molecule has 1 fully saturated rings. The Kier molecular flexibility index (Phi) is 5.21. The van der Waals surface area contributed by atoms with Gasteiger partial charge in [0.2, 0.25) is 0 Å². The highest BCUT2D eigenvalue weighted by Crippen LogP contribution is 2.08. The molecule has 2 aromatic heterocycles. The maximum Gasteiger partial charge on any atom is 0.276 e. The normalized spacial score (nSPS) is 15.5. The summed E-state index contributed by atoms with van der Waals surface area (Å²) in [5.41, 5.74) is 0.383. The van der Waals surface area contributed by atoms with Crippen LogP contribution in [0.15, 0.2) is 23.7 Å². The molecular formula is C15H20N6O2S. The Morgan fingerprint density at radius 1 is 1.29 bits per heavy atom. The molecule has 1 saturated heterocycles. The van der Waals surface area contributed by atoms with Crippen LogP contribution < -0.4 is 5.32 Å². The molecule has 3 rings (SSSR count). The van der Waals surface area contributed by atoms with E-state index in [1.54, 1.807) is 18.1 Å². The van der Waals surface area contributed by atoms with E-state index in [9.17, 15) is 9.59 Å². The maximum atomic E-state index is 12.3. The minimum Gasteiger partial charge on any atom is -0.350 e. The molecule has 24 heavy (non-hydrogen) atoms. The smallest absolute Gasteiger partial charge is 0.276 e. The summed E-state index contributed by atoms with van der Waals surface area (Å²) < 4.78 is 1.53. The van der Waals surface area contributed by atoms with Gasteiger partial charge in [-0.1, -0.05) is 11.3 Å². The van der Waals surface area contributed by atoms with E-state index in [4.69, 9.17) is 0 Å². The van der Waals surface area contributed by atoms with Gasteiger partial charge in [0.25, 0.3) is 11.8 Å². The van der Waals surface area contributed by atoms with Crippen LogP contribution in [0, 0.1) is 0 Å². The zero-order valence-corrected chi connectivity index (χ0v) is 14.3. The van der Waals surface area contributed by atoms with Crippen molar-refractivity contribution in [3.05, 3.63) is 34.3 Å². The van der Waals surface area contributed by atoms with Crippen molar-refractivity contribution < 1.29 is 9.59 Å². The van der Waals surface area contributed by atoms with Crippen LogP contribution in [0.25, 0.3) is 0 Å². The number of hydrogen-bond acceptors (Lipinski definition) is 6. The molecule has 9 heteroatoms. The first kappa shape index (κ1) is 16.6. The molecule has 0 atom stereocenters. The van der Waals surface area contributed by atoms with Crippen molar-refractivity contribution in [3.63, 3.8) is 0 Å². The number of nitrogens with zero attached hydrogens (tertiary/aromatic N) is 5. The van der Waals surface area contributed by atoms with Crippen LogP contribution in [0.3, 0.4) is 0 Å². The Labute approximate surface area is 144 Å². The maximum absolute atomic E-state index is 12.3. The van der Waals surface area contributed by atoms with Crippen molar-refractivity contribution in [3.8, 4) is 0 Å². The molecule has 2 amide bonds. The number of amides is 2. The van der Waals surface area contributed by atoms with Gasteiger partial charge in [-0.25, -0.2) is 0 Å². The standard InChI is InChI=1S/C15H20N6O2S/c1-19-11-12(17-18-19)15(23)21-8-6-20(7-9-21)5-4-16-14(22)13-3-2-10-24-13/h2-3,10-11H,4-9H2,1H3,(H,16,22). The fraction of sp³-hybridized carbons (Fsp3) is 0.467. The molecule has 2 aromatic rings. The van der Waals surface area contributed by atoms with Crippen LogP contribution in [0.1, 0.15) is 20.2 Å². The van der Waals surface area contributed by atoms with Gasteiger partial charge in [-0.3, -0.25) is 19.2 Å². The molecular weight excluding hydrogens is 328 g/mol. The summed E-state index contributed by atoms with van der Waals surface area (Å²) in [4.78, 5) is 28.9. The summed E-state index contributed by atoms with van der Waals surface area (Å²) in [5.74, 6) is -0.102. The second-order valence-electron chi connectivity index (χ2n) is 5.64. The SMILES string of the molecule is Cn1cc(C(=O)N2CCN(CCNC(=O)c3cccs3)CC2)nn1. The third-order valence-corrected chi connectivity index (χ3v) is 4.81. The largest absolute Gasteiger partial charge is 0.350 e. The van der Waals surface area contributed by atoms with Crippen molar-refractivity contribution in [2.75, 3.05) is 39.3 Å². The van der Waals surface area contributed by atoms with E-state index in [0.29, 0.717) is 25.3 Å². The lowest BCUT2D eigenvalue weighted by Gasteiger charge is -2.34. The van der Waals surface area contributed by atoms with Crippen molar-refractivity contribution in [1.82, 2.24) is 30.1 Å². The fourth-order valence-corrected chi connectivity index (χ4v) is 3.24. The molecule has 128 valence electrons. The van der Waals surface area contributed by atoms with Crippen molar-refractivity contribution in [2.24, 2.45) is 7.05 Å². The Morgan fingerprint density at radius 2 is 2.08 bits per heavy atom. The third-order valence-electron chi connectivity index (χ3n) is 3.94. The van der Waals surface area contributed by atoms with Crippen LogP contribution in [-0.4, -0.2) is 75.9 Å². The molecule has 0 unspecified atom stereocenters. The molecule has 1 aliphatic heterocycles. The van der Waals surface area contributed by atoms with Crippen molar-refractivity contribution >= 4 is 23.2 Å². The number of rotatable bonds is 5. The third kappa shape index (κ3) is 3.98. The molecule has 1 aliphatic rings. The van der Waals surface area contributed by atoms with Gasteiger partial charge >= 0.3 is 0 Å². The number of piperazine rings is 1. The highest BCUT2D eigenvalue weighted by Gasteiger charge is 2.23. The number of hydrogen-bond donors (Lipinski definition) is 1. The van der Waals surface area contributed by atoms with E-state index < -0.39 is 0 Å². The summed E-state index contributed by atoms with van der Waals surface area (Å²) in [6, 6.07) is 3.68. The molecule has 8 nitrogen and oxygen atoms in total. The summed E-state index contributed by atoms with van der Waals surface area (Å²) in [5, 5.41) is 12.5. The topological polar surface area (TPSA) is 83.4 Å². The molecule has 1 N–H and O–H groups in total. The lowest BCUT2D eigenvalue weighted by atomic mass is 10.3. The average molecular weight is 348 g/mol. The Morgan fingerprint density at radius 3 is 2.71 bits per heavy atom. The predicted octanol–water partition coefficient (Wildman–Crippen LogP) is 0.0644. The molecule has 0 radical (unpaired) electrons. The molecule has 3 heterocycles. The first-order chi connectivity index (χ1) is 11.6. The Bertz CT molecular complexity index is 691. The number of carbonyl (C=O) groups excluding carboxylic acids is 2. The second-order valence-corrected chi connectivity index (χ2v) is 6.59. The summed E-state index contributed by atoms with van der Waals surface area (Å²) >= 11 is 1.44. The highest BCUT2D eigenvalue weighted by molar-refractivity contribution is 7.12. The number of aromatic nitrogens is 3. The first-order valence-electron chi connectivity index (χ1n) is 7.83. The summed E-state index contributed by atoms with van der Waals surface area (Å²) in [7, 11) is 1.74. The molecule has 0 bridgehead atoms. The molecule has 0 aliphatic carbocycles. The molecule has 0 spiro atoms. The second kappa shape index (κ2) is 7.54. The van der Waals surface area contributed by atoms with Gasteiger partial charge in [-0.05, 0) is 11.4 Å². The van der Waals surface area contributed by atoms with E-state index in [2.05, 4.69) is 20.5 Å². The average Bonchev–Trinajstić information content (AvgIpc) is 3.26. The van der Waals surface area contributed by atoms with Gasteiger partial charge in [0, 0.05) is 46.3 Å². The lowest BCUT2D eigenvalue weighted by molar-refractivity contribution is 0.0632. The zero-order chi connectivity index (χ0) is 16.9. The number of aryl methyl sites for hydroxylation is 1. The monoisotopic (exact) mass is 348 g/mol. The Hall–Kier alpha value is -2.26. The van der Waals surface area contributed by atoms with Crippen LogP contribution in [-0.2, 0) is 7.05 Å². The lowest BCUT2D eigenvalue weighted by Crippen LogP contribution is -2.50.